The van der Waals surface area contributed by atoms with Crippen molar-refractivity contribution in [3.05, 3.63) is 118 Å². The second-order valence-corrected chi connectivity index (χ2v) is 20.2. The lowest BCUT2D eigenvalue weighted by Crippen LogP contribution is -2.74. The first kappa shape index (κ1) is 43.3. The van der Waals surface area contributed by atoms with E-state index >= 15 is 0 Å². The molecule has 6 heterocycles. The van der Waals surface area contributed by atoms with E-state index in [9.17, 15) is 10.1 Å². The lowest BCUT2D eigenvalue weighted by atomic mass is 9.49. The van der Waals surface area contributed by atoms with Crippen LogP contribution in [-0.4, -0.2) is 79.8 Å². The van der Waals surface area contributed by atoms with Gasteiger partial charge in [-0.3, -0.25) is 14.4 Å². The number of aliphatic imine (C=N–C) groups is 1. The molecule has 2 aliphatic heterocycles. The number of thiophene rings is 1. The predicted molar refractivity (Wildman–Crippen MR) is 249 cm³/mol. The Kier molecular flexibility index (Phi) is 10.9. The van der Waals surface area contributed by atoms with E-state index in [0.29, 0.717) is 40.9 Å². The summed E-state index contributed by atoms with van der Waals surface area (Å²) in [5.74, 6) is 4.58. The monoisotopic (exact) mass is 906 g/mol. The predicted octanol–water partition coefficient (Wildman–Crippen LogP) is 8.43. The molecule has 6 aromatic rings. The molecule has 1 saturated heterocycles. The number of benzene rings is 2. The van der Waals surface area contributed by atoms with Gasteiger partial charge in [-0.05, 0) is 91.8 Å². The highest BCUT2D eigenvalue weighted by Crippen LogP contribution is 2.56. The highest BCUT2D eigenvalue weighted by atomic mass is 32.1. The van der Waals surface area contributed by atoms with E-state index < -0.39 is 0 Å². The van der Waals surface area contributed by atoms with Gasteiger partial charge in [-0.15, -0.1) is 21.5 Å². The van der Waals surface area contributed by atoms with E-state index in [4.69, 9.17) is 23.6 Å². The van der Waals surface area contributed by atoms with Crippen LogP contribution in [0.15, 0.2) is 82.1 Å². The van der Waals surface area contributed by atoms with Crippen molar-refractivity contribution in [2.45, 2.75) is 104 Å². The molecular weight excluding hydrogens is 853 g/mol. The molecule has 1 N–H and O–H groups in total. The maximum Gasteiger partial charge on any atom is 0.254 e. The van der Waals surface area contributed by atoms with Crippen molar-refractivity contribution < 1.29 is 23.4 Å². The summed E-state index contributed by atoms with van der Waals surface area (Å²) >= 11 is 1.70. The summed E-state index contributed by atoms with van der Waals surface area (Å²) in [5, 5.41) is 25.0. The first-order valence-electron chi connectivity index (χ1n) is 22.7. The Hall–Kier alpha value is -6.60. The smallest absolute Gasteiger partial charge is 0.254 e. The molecule has 4 aromatic heterocycles. The van der Waals surface area contributed by atoms with Crippen LogP contribution in [0, 0.1) is 34.5 Å². The molecule has 16 heteroatoms. The van der Waals surface area contributed by atoms with Crippen LogP contribution < -0.4 is 24.4 Å². The van der Waals surface area contributed by atoms with E-state index in [1.807, 2.05) is 6.92 Å². The van der Waals surface area contributed by atoms with Crippen LogP contribution in [0.1, 0.15) is 116 Å². The van der Waals surface area contributed by atoms with Crippen molar-refractivity contribution in [1.82, 2.24) is 35.0 Å². The Morgan fingerprint density at radius 2 is 1.71 bits per heavy atom. The first-order chi connectivity index (χ1) is 31.8. The van der Waals surface area contributed by atoms with E-state index in [2.05, 4.69) is 110 Å². The molecule has 0 unspecified atom stereocenters. The highest BCUT2D eigenvalue weighted by molar-refractivity contribution is 7.13. The van der Waals surface area contributed by atoms with Crippen LogP contribution in [0.2, 0.25) is 0 Å². The molecule has 2 aliphatic carbocycles. The van der Waals surface area contributed by atoms with Crippen molar-refractivity contribution >= 4 is 28.9 Å². The van der Waals surface area contributed by atoms with Crippen molar-refractivity contribution in [2.75, 3.05) is 25.1 Å². The van der Waals surface area contributed by atoms with E-state index in [1.54, 1.807) is 54.4 Å². The van der Waals surface area contributed by atoms with Crippen molar-refractivity contribution in [1.29, 1.82) is 5.26 Å². The number of hydrogen-bond donors (Lipinski definition) is 1. The van der Waals surface area contributed by atoms with Crippen LogP contribution in [-0.2, 0) is 12.8 Å². The molecule has 1 spiro atoms. The minimum atomic E-state index is -0.381. The quantitative estimate of drug-likeness (QED) is 0.124. The summed E-state index contributed by atoms with van der Waals surface area (Å²) in [6.07, 6.45) is 11.9. The second kappa shape index (κ2) is 16.7. The molecule has 2 saturated carbocycles. The minimum absolute atomic E-state index is 0.159. The summed E-state index contributed by atoms with van der Waals surface area (Å²) < 4.78 is 26.2. The Bertz CT molecular complexity index is 2810. The molecule has 15 nitrogen and oxygen atoms in total. The average molecular weight is 907 g/mol. The number of hydrogen-bond acceptors (Lipinski definition) is 14. The van der Waals surface area contributed by atoms with Gasteiger partial charge < -0.3 is 28.8 Å². The Labute approximate surface area is 388 Å². The lowest BCUT2D eigenvalue weighted by molar-refractivity contribution is -0.164. The fourth-order valence-corrected chi connectivity index (χ4v) is 12.3. The molecule has 4 aliphatic rings. The molecule has 2 aromatic carbocycles. The summed E-state index contributed by atoms with van der Waals surface area (Å²) in [4.78, 5) is 34.9. The number of carbonyl (C=O) groups is 1. The topological polar surface area (TPSA) is 179 Å². The Morgan fingerprint density at radius 1 is 0.985 bits per heavy atom. The number of methoxy groups -OCH3 is 1. The number of nitrogens with one attached hydrogen (secondary N) is 1. The van der Waals surface area contributed by atoms with Gasteiger partial charge in [0.1, 0.15) is 52.6 Å². The fourth-order valence-electron chi connectivity index (χ4n) is 11.1. The molecule has 1 amide bonds. The number of aromatic nitrogens is 6. The maximum absolute atomic E-state index is 13.6. The van der Waals surface area contributed by atoms with Gasteiger partial charge in [0.15, 0.2) is 11.7 Å². The zero-order valence-corrected chi connectivity index (χ0v) is 39.2. The van der Waals surface area contributed by atoms with Gasteiger partial charge in [-0.2, -0.15) is 5.26 Å². The van der Waals surface area contributed by atoms with Crippen molar-refractivity contribution in [3.63, 3.8) is 0 Å². The molecule has 66 heavy (non-hydrogen) atoms. The number of ether oxygens (including phenoxy) is 3. The molecule has 10 rings (SSSR count). The SMILES string of the molecule is CCc1csc2c1C(c1ccc(OC3CC4(CCN(c5ncc(C(=O)NC6C(C)(C)C(Oc7ccc(C#N)c(OC)c7)C6(C)C)cn5)CC4)C3)cc1)=N[C@@H](Cc1ncco1)c1nnc(C)n1-2. The maximum atomic E-state index is 13.6. The van der Waals surface area contributed by atoms with Crippen LogP contribution >= 0.6 is 11.3 Å². The number of nitriles is 1. The van der Waals surface area contributed by atoms with Crippen LogP contribution in [0.25, 0.3) is 5.00 Å². The molecule has 3 fully saturated rings. The summed E-state index contributed by atoms with van der Waals surface area (Å²) in [6.45, 7) is 14.2. The Morgan fingerprint density at radius 3 is 2.38 bits per heavy atom. The third kappa shape index (κ3) is 7.56. The minimum Gasteiger partial charge on any atom is -0.495 e. The average Bonchev–Trinajstić information content (AvgIpc) is 4.07. The number of rotatable bonds is 12. The van der Waals surface area contributed by atoms with E-state index in [0.717, 1.165) is 84.4 Å². The van der Waals surface area contributed by atoms with Crippen LogP contribution in [0.3, 0.4) is 0 Å². The van der Waals surface area contributed by atoms with Crippen molar-refractivity contribution in [3.8, 4) is 28.3 Å². The first-order valence-corrected chi connectivity index (χ1v) is 23.6. The highest BCUT2D eigenvalue weighted by Gasteiger charge is 2.64. The number of piperidine rings is 1. The summed E-state index contributed by atoms with van der Waals surface area (Å²) in [7, 11) is 1.54. The largest absolute Gasteiger partial charge is 0.495 e. The Balaban J connectivity index is 0.735. The summed E-state index contributed by atoms with van der Waals surface area (Å²) in [5.41, 5.74) is 4.66. The molecule has 1 atom stereocenters. The zero-order chi connectivity index (χ0) is 46.0. The van der Waals surface area contributed by atoms with Gasteiger partial charge in [-0.1, -0.05) is 34.6 Å². The molecular formula is C50H54N10O5S. The standard InChI is InChI=1S/C50H54N10O5S/c1-8-30-28-66-44-40(30)41(55-37(22-39-52-17-20-63-39)42-58-57-29(2)60(42)44)31-9-12-34(13-10-31)64-36-23-50(24-36)15-18-59(19-16-50)47-53-26-33(27-54-47)43(61)56-45-48(3,4)46(49(45,5)6)65-35-14-11-32(25-51)38(21-35)62-7/h9-14,17,20-21,26-28,36-37,45-46H,8,15-16,18-19,22-24H2,1-7H3,(H,56,61)/t37-,45?,46?/m0/s1. The number of aryl methyl sites for hydroxylation is 2. The van der Waals surface area contributed by atoms with Gasteiger partial charge in [0.25, 0.3) is 5.91 Å². The fraction of sp³-hybridized carbons (Fsp3) is 0.440. The van der Waals surface area contributed by atoms with Gasteiger partial charge in [0.2, 0.25) is 5.95 Å². The van der Waals surface area contributed by atoms with Gasteiger partial charge in [0, 0.05) is 59.5 Å². The van der Waals surface area contributed by atoms with Gasteiger partial charge in [0.05, 0.1) is 42.7 Å². The second-order valence-electron chi connectivity index (χ2n) is 19.3. The number of anilines is 1. The van der Waals surface area contributed by atoms with Gasteiger partial charge in [-0.25, -0.2) is 15.0 Å². The number of nitrogens with zero attached hydrogens (tertiary/aromatic N) is 9. The molecule has 0 bridgehead atoms. The van der Waals surface area contributed by atoms with Gasteiger partial charge >= 0.3 is 0 Å². The summed E-state index contributed by atoms with van der Waals surface area (Å²) in [6, 6.07) is 15.2. The number of oxazole rings is 1. The van der Waals surface area contributed by atoms with E-state index in [-0.39, 0.29) is 46.4 Å². The van der Waals surface area contributed by atoms with Crippen molar-refractivity contribution in [2.24, 2.45) is 21.2 Å². The lowest BCUT2D eigenvalue weighted by Gasteiger charge is -2.63. The van der Waals surface area contributed by atoms with E-state index in [1.165, 1.54) is 12.7 Å². The van der Waals surface area contributed by atoms with Crippen LogP contribution in [0.5, 0.6) is 17.2 Å². The number of amides is 1. The van der Waals surface area contributed by atoms with Crippen LogP contribution in [0.4, 0.5) is 5.95 Å². The zero-order valence-electron chi connectivity index (χ0n) is 38.4. The normalized spacial score (nSPS) is 21.3. The number of carbonyl (C=O) groups excluding carboxylic acids is 1. The third-order valence-corrected chi connectivity index (χ3v) is 15.4. The molecule has 340 valence electrons. The molecule has 0 radical (unpaired) electrons. The number of fused-ring (bicyclic) bond motifs is 3. The third-order valence-electron chi connectivity index (χ3n) is 14.4.